The summed E-state index contributed by atoms with van der Waals surface area (Å²) >= 11 is 0. The maximum atomic E-state index is 5.33. The molecular formula is C15H20N2O. The first-order chi connectivity index (χ1) is 8.83. The van der Waals surface area contributed by atoms with Crippen LogP contribution in [0.1, 0.15) is 37.1 Å². The van der Waals surface area contributed by atoms with E-state index in [2.05, 4.69) is 29.4 Å². The second-order valence-electron chi connectivity index (χ2n) is 4.97. The third-order valence-electron chi connectivity index (χ3n) is 3.84. The van der Waals surface area contributed by atoms with Crippen LogP contribution in [-0.4, -0.2) is 18.6 Å². The standard InChI is InChI=1S/C15H20N2O/c1-3-4-14-15-11(7-8-16-14)12-9-10(18-2)5-6-13(12)17-15/h5-6,9,14,16-17H,3-4,7-8H2,1-2H3. The van der Waals surface area contributed by atoms with Crippen molar-refractivity contribution in [3.05, 3.63) is 29.5 Å². The highest BCUT2D eigenvalue weighted by molar-refractivity contribution is 5.86. The second kappa shape index (κ2) is 4.65. The summed E-state index contributed by atoms with van der Waals surface area (Å²) in [5.41, 5.74) is 4.08. The van der Waals surface area contributed by atoms with Gasteiger partial charge in [0.15, 0.2) is 0 Å². The Morgan fingerprint density at radius 3 is 3.06 bits per heavy atom. The maximum Gasteiger partial charge on any atom is 0.119 e. The molecule has 18 heavy (non-hydrogen) atoms. The van der Waals surface area contributed by atoms with Gasteiger partial charge < -0.3 is 15.0 Å². The average molecular weight is 244 g/mol. The van der Waals surface area contributed by atoms with Crippen molar-refractivity contribution < 1.29 is 4.74 Å². The number of benzene rings is 1. The van der Waals surface area contributed by atoms with Crippen LogP contribution in [0.2, 0.25) is 0 Å². The molecule has 0 amide bonds. The molecule has 1 atom stereocenters. The van der Waals surface area contributed by atoms with Crippen LogP contribution in [-0.2, 0) is 6.42 Å². The molecule has 2 heterocycles. The molecule has 0 fully saturated rings. The van der Waals surface area contributed by atoms with E-state index < -0.39 is 0 Å². The van der Waals surface area contributed by atoms with Crippen LogP contribution >= 0.6 is 0 Å². The number of fused-ring (bicyclic) bond motifs is 3. The summed E-state index contributed by atoms with van der Waals surface area (Å²) in [5.74, 6) is 0.940. The summed E-state index contributed by atoms with van der Waals surface area (Å²) in [7, 11) is 1.72. The van der Waals surface area contributed by atoms with Crippen molar-refractivity contribution in [2.45, 2.75) is 32.2 Å². The predicted octanol–water partition coefficient (Wildman–Crippen LogP) is 3.16. The quantitative estimate of drug-likeness (QED) is 0.870. The van der Waals surface area contributed by atoms with Gasteiger partial charge in [-0.1, -0.05) is 13.3 Å². The fourth-order valence-corrected chi connectivity index (χ4v) is 2.95. The highest BCUT2D eigenvalue weighted by atomic mass is 16.5. The fourth-order valence-electron chi connectivity index (χ4n) is 2.95. The van der Waals surface area contributed by atoms with E-state index in [4.69, 9.17) is 4.74 Å². The summed E-state index contributed by atoms with van der Waals surface area (Å²) in [6, 6.07) is 6.78. The van der Waals surface area contributed by atoms with E-state index in [1.165, 1.54) is 35.0 Å². The van der Waals surface area contributed by atoms with E-state index in [-0.39, 0.29) is 0 Å². The zero-order valence-electron chi connectivity index (χ0n) is 11.0. The smallest absolute Gasteiger partial charge is 0.119 e. The Morgan fingerprint density at radius 2 is 2.28 bits per heavy atom. The molecule has 1 unspecified atom stereocenters. The summed E-state index contributed by atoms with van der Waals surface area (Å²) in [6.45, 7) is 3.31. The molecule has 0 saturated carbocycles. The van der Waals surface area contributed by atoms with Gasteiger partial charge in [-0.2, -0.15) is 0 Å². The van der Waals surface area contributed by atoms with Crippen molar-refractivity contribution in [2.75, 3.05) is 13.7 Å². The molecule has 3 heteroatoms. The van der Waals surface area contributed by atoms with Crippen LogP contribution in [0.25, 0.3) is 10.9 Å². The van der Waals surface area contributed by atoms with Gasteiger partial charge in [-0.05, 0) is 43.1 Å². The van der Waals surface area contributed by atoms with E-state index >= 15 is 0 Å². The molecular weight excluding hydrogens is 224 g/mol. The van der Waals surface area contributed by atoms with Gasteiger partial charge in [0.05, 0.1) is 7.11 Å². The van der Waals surface area contributed by atoms with E-state index in [0.717, 1.165) is 18.7 Å². The minimum absolute atomic E-state index is 0.483. The van der Waals surface area contributed by atoms with Crippen molar-refractivity contribution in [1.29, 1.82) is 0 Å². The van der Waals surface area contributed by atoms with E-state index in [1.54, 1.807) is 7.11 Å². The molecule has 2 N–H and O–H groups in total. The van der Waals surface area contributed by atoms with Crippen LogP contribution in [0.3, 0.4) is 0 Å². The Balaban J connectivity index is 2.12. The number of hydrogen-bond donors (Lipinski definition) is 2. The molecule has 1 aromatic heterocycles. The monoisotopic (exact) mass is 244 g/mol. The molecule has 3 nitrogen and oxygen atoms in total. The Labute approximate surface area is 108 Å². The summed E-state index contributed by atoms with van der Waals surface area (Å²) in [6.07, 6.45) is 3.50. The van der Waals surface area contributed by atoms with Gasteiger partial charge in [-0.3, -0.25) is 0 Å². The lowest BCUT2D eigenvalue weighted by Gasteiger charge is -2.23. The topological polar surface area (TPSA) is 37.0 Å². The molecule has 2 aromatic rings. The molecule has 0 saturated heterocycles. The molecule has 0 radical (unpaired) electrons. The first-order valence-corrected chi connectivity index (χ1v) is 6.75. The van der Waals surface area contributed by atoms with Crippen LogP contribution in [0.5, 0.6) is 5.75 Å². The van der Waals surface area contributed by atoms with Crippen LogP contribution in [0.15, 0.2) is 18.2 Å². The van der Waals surface area contributed by atoms with Gasteiger partial charge in [0.25, 0.3) is 0 Å². The zero-order valence-corrected chi connectivity index (χ0v) is 11.0. The Kier molecular flexibility index (Phi) is 3.00. The Morgan fingerprint density at radius 1 is 1.39 bits per heavy atom. The lowest BCUT2D eigenvalue weighted by molar-refractivity contribution is 0.415. The van der Waals surface area contributed by atoms with E-state index in [1.807, 2.05) is 6.07 Å². The molecule has 1 aliphatic heterocycles. The SMILES string of the molecule is CCCC1NCCc2c1[nH]c1ccc(OC)cc21. The number of rotatable bonds is 3. The first-order valence-electron chi connectivity index (χ1n) is 6.75. The molecule has 1 aliphatic rings. The van der Waals surface area contributed by atoms with Crippen molar-refractivity contribution in [3.8, 4) is 5.75 Å². The van der Waals surface area contributed by atoms with Gasteiger partial charge in [-0.15, -0.1) is 0 Å². The third-order valence-corrected chi connectivity index (χ3v) is 3.84. The van der Waals surface area contributed by atoms with Gasteiger partial charge in [-0.25, -0.2) is 0 Å². The van der Waals surface area contributed by atoms with Crippen molar-refractivity contribution in [3.63, 3.8) is 0 Å². The number of nitrogens with one attached hydrogen (secondary N) is 2. The molecule has 96 valence electrons. The minimum Gasteiger partial charge on any atom is -0.497 e. The van der Waals surface area contributed by atoms with Crippen molar-refractivity contribution in [2.24, 2.45) is 0 Å². The third kappa shape index (κ3) is 1.79. The molecule has 1 aromatic carbocycles. The summed E-state index contributed by atoms with van der Waals surface area (Å²) in [5, 5.41) is 4.93. The second-order valence-corrected chi connectivity index (χ2v) is 4.97. The number of methoxy groups -OCH3 is 1. The zero-order chi connectivity index (χ0) is 12.5. The Bertz CT molecular complexity index is 559. The van der Waals surface area contributed by atoms with Gasteiger partial charge in [0, 0.05) is 22.6 Å². The molecule has 3 rings (SSSR count). The number of aromatic nitrogens is 1. The lowest BCUT2D eigenvalue weighted by atomic mass is 9.96. The van der Waals surface area contributed by atoms with Gasteiger partial charge >= 0.3 is 0 Å². The van der Waals surface area contributed by atoms with Crippen molar-refractivity contribution in [1.82, 2.24) is 10.3 Å². The first kappa shape index (κ1) is 11.6. The summed E-state index contributed by atoms with van der Waals surface area (Å²) < 4.78 is 5.33. The minimum atomic E-state index is 0.483. The highest BCUT2D eigenvalue weighted by Crippen LogP contribution is 2.33. The van der Waals surface area contributed by atoms with Gasteiger partial charge in [0.1, 0.15) is 5.75 Å². The van der Waals surface area contributed by atoms with Gasteiger partial charge in [0.2, 0.25) is 0 Å². The van der Waals surface area contributed by atoms with Crippen LogP contribution < -0.4 is 10.1 Å². The summed E-state index contributed by atoms with van der Waals surface area (Å²) in [4.78, 5) is 3.58. The van der Waals surface area contributed by atoms with E-state index in [0.29, 0.717) is 6.04 Å². The average Bonchev–Trinajstić information content (AvgIpc) is 2.78. The normalized spacial score (nSPS) is 18.9. The molecule has 0 aliphatic carbocycles. The molecule has 0 spiro atoms. The van der Waals surface area contributed by atoms with Crippen LogP contribution in [0.4, 0.5) is 0 Å². The van der Waals surface area contributed by atoms with Crippen LogP contribution in [0, 0.1) is 0 Å². The maximum absolute atomic E-state index is 5.33. The van der Waals surface area contributed by atoms with E-state index in [9.17, 15) is 0 Å². The van der Waals surface area contributed by atoms with Crippen molar-refractivity contribution >= 4 is 10.9 Å². The lowest BCUT2D eigenvalue weighted by Crippen LogP contribution is -2.29. The number of H-pyrrole nitrogens is 1. The number of aromatic amines is 1. The largest absolute Gasteiger partial charge is 0.497 e. The number of hydrogen-bond acceptors (Lipinski definition) is 2. The highest BCUT2D eigenvalue weighted by Gasteiger charge is 2.23. The Hall–Kier alpha value is -1.48. The number of ether oxygens (including phenoxy) is 1. The fraction of sp³-hybridized carbons (Fsp3) is 0.467. The predicted molar refractivity (Wildman–Crippen MR) is 74.2 cm³/mol. The molecule has 0 bridgehead atoms.